The molecular formula is C18H14N4O3S. The lowest BCUT2D eigenvalue weighted by atomic mass is 10.3. The standard InChI is InChI=1S/C18H14N4O3S/c1-10-6-7-14-19-8-11(17(24)22(14)9-10)16(23)21-18-20-15-12(25-2)4-3-5-13(15)26-18/h3-9H,1-2H3,(H,20,21,23). The van der Waals surface area contributed by atoms with Crippen LogP contribution in [0.2, 0.25) is 0 Å². The number of anilines is 1. The molecule has 0 saturated heterocycles. The van der Waals surface area contributed by atoms with Gasteiger partial charge in [-0.2, -0.15) is 0 Å². The van der Waals surface area contributed by atoms with Crippen LogP contribution in [0.15, 0.2) is 47.5 Å². The Hall–Kier alpha value is -3.26. The third-order valence-electron chi connectivity index (χ3n) is 3.92. The van der Waals surface area contributed by atoms with Gasteiger partial charge in [0.25, 0.3) is 11.5 Å². The Bertz CT molecular complexity index is 1210. The summed E-state index contributed by atoms with van der Waals surface area (Å²) in [5.41, 5.74) is 1.59. The van der Waals surface area contributed by atoms with E-state index in [1.54, 1.807) is 25.4 Å². The number of hydrogen-bond acceptors (Lipinski definition) is 6. The summed E-state index contributed by atoms with van der Waals surface area (Å²) in [5, 5.41) is 3.07. The van der Waals surface area contributed by atoms with Gasteiger partial charge in [0, 0.05) is 12.4 Å². The number of benzene rings is 1. The monoisotopic (exact) mass is 366 g/mol. The van der Waals surface area contributed by atoms with Crippen LogP contribution in [-0.2, 0) is 0 Å². The first kappa shape index (κ1) is 16.2. The Morgan fingerprint density at radius 1 is 1.27 bits per heavy atom. The number of pyridine rings is 1. The fourth-order valence-corrected chi connectivity index (χ4v) is 3.52. The Morgan fingerprint density at radius 2 is 2.12 bits per heavy atom. The smallest absolute Gasteiger partial charge is 0.270 e. The van der Waals surface area contributed by atoms with E-state index in [1.807, 2.05) is 25.1 Å². The molecule has 1 N–H and O–H groups in total. The molecule has 0 unspecified atom stereocenters. The van der Waals surface area contributed by atoms with E-state index in [2.05, 4.69) is 15.3 Å². The highest BCUT2D eigenvalue weighted by Gasteiger charge is 2.16. The normalized spacial score (nSPS) is 11.0. The van der Waals surface area contributed by atoms with E-state index in [-0.39, 0.29) is 5.56 Å². The number of hydrogen-bond donors (Lipinski definition) is 1. The molecule has 0 aliphatic rings. The first-order valence-corrected chi connectivity index (χ1v) is 8.61. The summed E-state index contributed by atoms with van der Waals surface area (Å²) in [6, 6.07) is 9.14. The van der Waals surface area contributed by atoms with Crippen molar-refractivity contribution in [2.45, 2.75) is 6.92 Å². The average molecular weight is 366 g/mol. The maximum Gasteiger partial charge on any atom is 0.270 e. The number of methoxy groups -OCH3 is 1. The van der Waals surface area contributed by atoms with Crippen LogP contribution < -0.4 is 15.6 Å². The van der Waals surface area contributed by atoms with Crippen LogP contribution in [0.5, 0.6) is 5.75 Å². The molecule has 0 aliphatic heterocycles. The number of fused-ring (bicyclic) bond motifs is 2. The van der Waals surface area contributed by atoms with Gasteiger partial charge in [-0.1, -0.05) is 23.5 Å². The zero-order valence-corrected chi connectivity index (χ0v) is 14.8. The molecule has 1 aromatic carbocycles. The number of nitrogens with one attached hydrogen (secondary N) is 1. The van der Waals surface area contributed by atoms with E-state index in [9.17, 15) is 9.59 Å². The van der Waals surface area contributed by atoms with Crippen molar-refractivity contribution in [1.82, 2.24) is 14.4 Å². The lowest BCUT2D eigenvalue weighted by molar-refractivity contribution is 0.102. The first-order chi connectivity index (χ1) is 12.6. The third-order valence-corrected chi connectivity index (χ3v) is 4.85. The van der Waals surface area contributed by atoms with Crippen LogP contribution in [0.1, 0.15) is 15.9 Å². The van der Waals surface area contributed by atoms with Crippen molar-refractivity contribution in [3.8, 4) is 5.75 Å². The Labute approximate surface area is 151 Å². The van der Waals surface area contributed by atoms with Gasteiger partial charge in [0.15, 0.2) is 5.13 Å². The molecule has 8 heteroatoms. The molecular weight excluding hydrogens is 352 g/mol. The molecule has 0 bridgehead atoms. The number of carbonyl (C=O) groups is 1. The van der Waals surface area contributed by atoms with Crippen molar-refractivity contribution in [1.29, 1.82) is 0 Å². The number of thiazole rings is 1. The quantitative estimate of drug-likeness (QED) is 0.603. The van der Waals surface area contributed by atoms with E-state index in [1.165, 1.54) is 21.9 Å². The zero-order valence-electron chi connectivity index (χ0n) is 14.0. The average Bonchev–Trinajstić information content (AvgIpc) is 3.04. The highest BCUT2D eigenvalue weighted by atomic mass is 32.1. The van der Waals surface area contributed by atoms with Crippen molar-refractivity contribution < 1.29 is 9.53 Å². The molecule has 3 aromatic heterocycles. The van der Waals surface area contributed by atoms with Gasteiger partial charge in [-0.05, 0) is 30.7 Å². The number of rotatable bonds is 3. The molecule has 7 nitrogen and oxygen atoms in total. The molecule has 4 aromatic rings. The SMILES string of the molecule is COc1cccc2sc(NC(=O)c3cnc4ccc(C)cn4c3=O)nc12. The van der Waals surface area contributed by atoms with E-state index >= 15 is 0 Å². The number of ether oxygens (including phenoxy) is 1. The molecule has 0 spiro atoms. The summed E-state index contributed by atoms with van der Waals surface area (Å²) >= 11 is 1.31. The van der Waals surface area contributed by atoms with Gasteiger partial charge in [0.1, 0.15) is 22.5 Å². The van der Waals surface area contributed by atoms with Crippen LogP contribution in [0, 0.1) is 6.92 Å². The van der Waals surface area contributed by atoms with Gasteiger partial charge < -0.3 is 4.74 Å². The number of para-hydroxylation sites is 1. The minimum absolute atomic E-state index is 0.0423. The van der Waals surface area contributed by atoms with Crippen LogP contribution >= 0.6 is 11.3 Å². The van der Waals surface area contributed by atoms with Gasteiger partial charge >= 0.3 is 0 Å². The number of nitrogens with zero attached hydrogens (tertiary/aromatic N) is 3. The zero-order chi connectivity index (χ0) is 18.3. The summed E-state index contributed by atoms with van der Waals surface area (Å²) in [6.07, 6.45) is 2.94. The lowest BCUT2D eigenvalue weighted by Gasteiger charge is -2.04. The maximum atomic E-state index is 12.6. The van der Waals surface area contributed by atoms with E-state index in [0.717, 1.165) is 10.3 Å². The van der Waals surface area contributed by atoms with Crippen LogP contribution in [0.4, 0.5) is 5.13 Å². The molecule has 0 atom stereocenters. The second-order valence-electron chi connectivity index (χ2n) is 5.69. The molecule has 0 saturated carbocycles. The van der Waals surface area contributed by atoms with E-state index in [0.29, 0.717) is 22.0 Å². The van der Waals surface area contributed by atoms with Crippen molar-refractivity contribution >= 4 is 38.2 Å². The third kappa shape index (κ3) is 2.70. The van der Waals surface area contributed by atoms with Crippen LogP contribution in [0.25, 0.3) is 15.9 Å². The predicted molar refractivity (Wildman–Crippen MR) is 100 cm³/mol. The van der Waals surface area contributed by atoms with Crippen LogP contribution in [-0.4, -0.2) is 27.4 Å². The van der Waals surface area contributed by atoms with Gasteiger partial charge in [-0.15, -0.1) is 0 Å². The number of amides is 1. The van der Waals surface area contributed by atoms with Gasteiger partial charge in [0.05, 0.1) is 11.8 Å². The fraction of sp³-hybridized carbons (Fsp3) is 0.111. The van der Waals surface area contributed by atoms with Crippen molar-refractivity contribution in [2.75, 3.05) is 12.4 Å². The Morgan fingerprint density at radius 3 is 2.92 bits per heavy atom. The summed E-state index contributed by atoms with van der Waals surface area (Å²) in [4.78, 5) is 33.7. The number of carbonyl (C=O) groups excluding carboxylic acids is 1. The topological polar surface area (TPSA) is 85.6 Å². The first-order valence-electron chi connectivity index (χ1n) is 7.80. The molecule has 3 heterocycles. The Kier molecular flexibility index (Phi) is 3.89. The molecule has 0 aliphatic carbocycles. The van der Waals surface area contributed by atoms with Crippen molar-refractivity contribution in [3.05, 3.63) is 64.2 Å². The van der Waals surface area contributed by atoms with Gasteiger partial charge in [0.2, 0.25) is 0 Å². The molecule has 130 valence electrons. The second kappa shape index (κ2) is 6.23. The number of aromatic nitrogens is 3. The summed E-state index contributed by atoms with van der Waals surface area (Å²) in [6.45, 7) is 1.87. The minimum Gasteiger partial charge on any atom is -0.494 e. The molecule has 4 rings (SSSR count). The summed E-state index contributed by atoms with van der Waals surface area (Å²) in [7, 11) is 1.57. The molecule has 0 radical (unpaired) electrons. The summed E-state index contributed by atoms with van der Waals surface area (Å²) in [5.74, 6) is 0.0820. The lowest BCUT2D eigenvalue weighted by Crippen LogP contribution is -2.26. The highest BCUT2D eigenvalue weighted by Crippen LogP contribution is 2.32. The van der Waals surface area contributed by atoms with Crippen molar-refractivity contribution in [2.24, 2.45) is 0 Å². The molecule has 26 heavy (non-hydrogen) atoms. The fourth-order valence-electron chi connectivity index (χ4n) is 2.64. The minimum atomic E-state index is -0.545. The molecule has 0 fully saturated rings. The largest absolute Gasteiger partial charge is 0.494 e. The predicted octanol–water partition coefficient (Wildman–Crippen LogP) is 2.87. The second-order valence-corrected chi connectivity index (χ2v) is 6.72. The van der Waals surface area contributed by atoms with Gasteiger partial charge in [-0.25, -0.2) is 9.97 Å². The van der Waals surface area contributed by atoms with E-state index in [4.69, 9.17) is 4.74 Å². The maximum absolute atomic E-state index is 12.6. The van der Waals surface area contributed by atoms with Gasteiger partial charge in [-0.3, -0.25) is 19.3 Å². The Balaban J connectivity index is 1.72. The molecule has 1 amide bonds. The summed E-state index contributed by atoms with van der Waals surface area (Å²) < 4.78 is 7.52. The van der Waals surface area contributed by atoms with Crippen LogP contribution in [0.3, 0.4) is 0 Å². The number of aryl methyl sites for hydroxylation is 1. The van der Waals surface area contributed by atoms with E-state index < -0.39 is 11.5 Å². The van der Waals surface area contributed by atoms with Crippen molar-refractivity contribution in [3.63, 3.8) is 0 Å². The highest BCUT2D eigenvalue weighted by molar-refractivity contribution is 7.22.